The van der Waals surface area contributed by atoms with Gasteiger partial charge < -0.3 is 9.88 Å². The lowest BCUT2D eigenvalue weighted by Crippen LogP contribution is -2.36. The molecule has 1 aliphatic heterocycles. The second-order valence-electron chi connectivity index (χ2n) is 14.6. The molecular weight excluding hydrogens is 733 g/mol. The van der Waals surface area contributed by atoms with Gasteiger partial charge in [-0.3, -0.25) is 0 Å². The smallest absolute Gasteiger partial charge is 0.170 e. The first-order chi connectivity index (χ1) is 28.2. The summed E-state index contributed by atoms with van der Waals surface area (Å²) < 4.78 is 7.56. The average Bonchev–Trinajstić information content (AvgIpc) is 3.96. The van der Waals surface area contributed by atoms with Crippen LogP contribution in [0.15, 0.2) is 192 Å². The predicted octanol–water partition coefficient (Wildman–Crippen LogP) is 13.7. The van der Waals surface area contributed by atoms with E-state index in [9.17, 15) is 0 Å². The minimum atomic E-state index is -0.411. The number of amidine groups is 2. The lowest BCUT2D eigenvalue weighted by atomic mass is 9.98. The van der Waals surface area contributed by atoms with Crippen LogP contribution < -0.4 is 5.32 Å². The summed E-state index contributed by atoms with van der Waals surface area (Å²) >= 11 is 3.73. The van der Waals surface area contributed by atoms with E-state index in [2.05, 4.69) is 180 Å². The van der Waals surface area contributed by atoms with Crippen LogP contribution in [0.25, 0.3) is 79.0 Å². The Bertz CT molecular complexity index is 3370. The van der Waals surface area contributed by atoms with Gasteiger partial charge in [-0.25, -0.2) is 9.98 Å². The van der Waals surface area contributed by atoms with Crippen LogP contribution in [0.5, 0.6) is 0 Å². The van der Waals surface area contributed by atoms with Crippen LogP contribution in [0, 0.1) is 0 Å². The highest BCUT2D eigenvalue weighted by Gasteiger charge is 2.24. The predicted molar refractivity (Wildman–Crippen MR) is 244 cm³/mol. The van der Waals surface area contributed by atoms with E-state index in [1.165, 1.54) is 79.0 Å². The van der Waals surface area contributed by atoms with Crippen LogP contribution in [0.3, 0.4) is 0 Å². The Labute approximate surface area is 336 Å². The number of nitrogens with one attached hydrogen (secondary N) is 1. The van der Waals surface area contributed by atoms with Gasteiger partial charge in [-0.2, -0.15) is 0 Å². The van der Waals surface area contributed by atoms with Crippen LogP contribution in [0.1, 0.15) is 22.9 Å². The lowest BCUT2D eigenvalue weighted by molar-refractivity contribution is 0.763. The summed E-state index contributed by atoms with van der Waals surface area (Å²) in [6.45, 7) is 0. The SMILES string of the molecule is c1ccc(C2=NC(c3cccc4sc5ccc(-c6ccc7c(c6)c6c8sc9ccccc9c8ccc6n7-c6ccccc6)cc5c34)N=C(c3ccccc3)N2)cc1. The molecule has 268 valence electrons. The van der Waals surface area contributed by atoms with E-state index < -0.39 is 6.17 Å². The molecule has 0 fully saturated rings. The Balaban J connectivity index is 1.06. The summed E-state index contributed by atoms with van der Waals surface area (Å²) in [5.41, 5.74) is 9.16. The normalized spacial score (nSPS) is 13.5. The van der Waals surface area contributed by atoms with Gasteiger partial charge in [-0.15, -0.1) is 22.7 Å². The van der Waals surface area contributed by atoms with Crippen molar-refractivity contribution in [3.8, 4) is 16.8 Å². The number of para-hydroxylation sites is 1. The summed E-state index contributed by atoms with van der Waals surface area (Å²) in [6, 6.07) is 65.4. The number of aromatic nitrogens is 1. The number of rotatable bonds is 5. The number of aliphatic imine (C=N–C) groups is 2. The van der Waals surface area contributed by atoms with Gasteiger partial charge in [-0.05, 0) is 65.7 Å². The fourth-order valence-corrected chi connectivity index (χ4v) is 11.0. The zero-order valence-electron chi connectivity index (χ0n) is 30.6. The standard InChI is InChI=1S/C51H32N4S2/c1-4-13-31(14-5-1)49-52-50(32-15-6-2-7-16-32)54-51(53-49)38-20-12-22-45-46(38)40-30-34(24-28-44(40)56-45)33-23-26-41-39(29-33)47-42(55(41)35-17-8-3-9-18-35)27-25-37-36-19-10-11-21-43(36)57-48(37)47/h1-30,51H,(H,52,53,54). The molecule has 0 spiro atoms. The number of nitrogens with zero attached hydrogens (tertiary/aromatic N) is 3. The minimum Gasteiger partial charge on any atom is -0.324 e. The van der Waals surface area contributed by atoms with Crippen molar-refractivity contribution in [2.75, 3.05) is 0 Å². The molecule has 0 atom stereocenters. The monoisotopic (exact) mass is 764 g/mol. The van der Waals surface area contributed by atoms with Crippen LogP contribution >= 0.6 is 22.7 Å². The largest absolute Gasteiger partial charge is 0.324 e. The molecule has 0 aliphatic carbocycles. The van der Waals surface area contributed by atoms with Crippen molar-refractivity contribution in [2.24, 2.45) is 9.98 Å². The molecule has 11 aromatic rings. The van der Waals surface area contributed by atoms with Crippen molar-refractivity contribution in [3.63, 3.8) is 0 Å². The topological polar surface area (TPSA) is 41.7 Å². The Morgan fingerprint density at radius 2 is 1.04 bits per heavy atom. The molecule has 4 nitrogen and oxygen atoms in total. The van der Waals surface area contributed by atoms with Crippen LogP contribution in [0.2, 0.25) is 0 Å². The Kier molecular flexibility index (Phi) is 7.30. The number of thiophene rings is 2. The third kappa shape index (κ3) is 5.18. The fraction of sp³-hybridized carbons (Fsp3) is 0.0196. The van der Waals surface area contributed by atoms with Crippen molar-refractivity contribution in [3.05, 3.63) is 199 Å². The Morgan fingerprint density at radius 3 is 1.79 bits per heavy atom. The molecule has 8 aromatic carbocycles. The molecule has 0 bridgehead atoms. The summed E-state index contributed by atoms with van der Waals surface area (Å²) in [7, 11) is 0. The quantitative estimate of drug-likeness (QED) is 0.186. The van der Waals surface area contributed by atoms with Crippen LogP contribution in [-0.2, 0) is 0 Å². The van der Waals surface area contributed by atoms with Gasteiger partial charge in [0.05, 0.1) is 11.0 Å². The van der Waals surface area contributed by atoms with E-state index in [4.69, 9.17) is 9.98 Å². The van der Waals surface area contributed by atoms with Crippen molar-refractivity contribution >= 4 is 96.5 Å². The maximum atomic E-state index is 5.27. The van der Waals surface area contributed by atoms with Gasteiger partial charge in [0.15, 0.2) is 6.17 Å². The van der Waals surface area contributed by atoms with E-state index in [1.807, 2.05) is 34.8 Å². The Hall–Kier alpha value is -6.86. The zero-order chi connectivity index (χ0) is 37.5. The number of benzene rings is 8. The molecule has 0 amide bonds. The van der Waals surface area contributed by atoms with Gasteiger partial charge in [0.2, 0.25) is 0 Å². The molecule has 12 rings (SSSR count). The van der Waals surface area contributed by atoms with Crippen molar-refractivity contribution in [2.45, 2.75) is 6.17 Å². The number of hydrogen-bond acceptors (Lipinski definition) is 5. The van der Waals surface area contributed by atoms with Crippen molar-refractivity contribution < 1.29 is 0 Å². The first-order valence-corrected chi connectivity index (χ1v) is 20.8. The molecule has 0 saturated heterocycles. The van der Waals surface area contributed by atoms with E-state index in [0.29, 0.717) is 0 Å². The molecule has 1 aliphatic rings. The minimum absolute atomic E-state index is 0.411. The van der Waals surface area contributed by atoms with Gasteiger partial charge in [0, 0.05) is 73.5 Å². The molecule has 3 aromatic heterocycles. The molecule has 1 N–H and O–H groups in total. The molecule has 0 unspecified atom stereocenters. The summed E-state index contributed by atoms with van der Waals surface area (Å²) in [5.74, 6) is 1.64. The molecule has 57 heavy (non-hydrogen) atoms. The highest BCUT2D eigenvalue weighted by molar-refractivity contribution is 7.27. The zero-order valence-corrected chi connectivity index (χ0v) is 32.2. The van der Waals surface area contributed by atoms with Crippen molar-refractivity contribution in [1.82, 2.24) is 9.88 Å². The number of fused-ring (bicyclic) bond motifs is 10. The van der Waals surface area contributed by atoms with Gasteiger partial charge in [-0.1, -0.05) is 127 Å². The van der Waals surface area contributed by atoms with Gasteiger partial charge in [0.25, 0.3) is 0 Å². The van der Waals surface area contributed by atoms with Gasteiger partial charge >= 0.3 is 0 Å². The summed E-state index contributed by atoms with van der Waals surface area (Å²) in [6.07, 6.45) is -0.411. The third-order valence-corrected chi connectivity index (χ3v) is 13.6. The second kappa shape index (κ2) is 12.8. The highest BCUT2D eigenvalue weighted by atomic mass is 32.1. The lowest BCUT2D eigenvalue weighted by Gasteiger charge is -2.23. The molecular formula is C51H32N4S2. The maximum Gasteiger partial charge on any atom is 0.170 e. The Morgan fingerprint density at radius 1 is 0.421 bits per heavy atom. The van der Waals surface area contributed by atoms with Crippen molar-refractivity contribution in [1.29, 1.82) is 0 Å². The number of hydrogen-bond donors (Lipinski definition) is 1. The molecule has 0 radical (unpaired) electrons. The van der Waals surface area contributed by atoms with Crippen LogP contribution in [0.4, 0.5) is 0 Å². The first-order valence-electron chi connectivity index (χ1n) is 19.2. The fourth-order valence-electron chi connectivity index (χ4n) is 8.64. The summed E-state index contributed by atoms with van der Waals surface area (Å²) in [4.78, 5) is 10.5. The average molecular weight is 765 g/mol. The first kappa shape index (κ1) is 32.4. The summed E-state index contributed by atoms with van der Waals surface area (Å²) in [5, 5.41) is 11.2. The molecule has 6 heteroatoms. The third-order valence-electron chi connectivity index (χ3n) is 11.3. The van der Waals surface area contributed by atoms with Gasteiger partial charge in [0.1, 0.15) is 11.7 Å². The van der Waals surface area contributed by atoms with E-state index in [0.717, 1.165) is 28.4 Å². The highest BCUT2D eigenvalue weighted by Crippen LogP contribution is 2.45. The van der Waals surface area contributed by atoms with Crippen LogP contribution in [-0.4, -0.2) is 16.2 Å². The molecule has 4 heterocycles. The van der Waals surface area contributed by atoms with E-state index in [-0.39, 0.29) is 0 Å². The molecule has 0 saturated carbocycles. The second-order valence-corrected chi connectivity index (χ2v) is 16.7. The maximum absolute atomic E-state index is 5.27. The van der Waals surface area contributed by atoms with E-state index in [1.54, 1.807) is 0 Å². The van der Waals surface area contributed by atoms with E-state index >= 15 is 0 Å².